The molecule has 0 aliphatic carbocycles. The Bertz CT molecular complexity index is 955. The largest absolute Gasteiger partial charge is 0.496 e. The Morgan fingerprint density at radius 2 is 1.86 bits per heavy atom. The number of ether oxygens (including phenoxy) is 1. The van der Waals surface area contributed by atoms with Crippen molar-refractivity contribution in [2.45, 2.75) is 0 Å². The molecule has 1 N–H and O–H groups in total. The molecule has 6 nitrogen and oxygen atoms in total. The van der Waals surface area contributed by atoms with Crippen molar-refractivity contribution in [3.8, 4) is 5.75 Å². The molecule has 0 spiro atoms. The number of carbonyl (C=O) groups excluding carboxylic acids is 2. The summed E-state index contributed by atoms with van der Waals surface area (Å²) in [5.74, 6) is -0.415. The number of methoxy groups -OCH3 is 1. The van der Waals surface area contributed by atoms with Gasteiger partial charge < -0.3 is 9.64 Å². The van der Waals surface area contributed by atoms with Gasteiger partial charge in [-0.05, 0) is 48.1 Å². The molecule has 3 rings (SSSR count). The lowest BCUT2D eigenvalue weighted by Crippen LogP contribution is -2.44. The molecular weight excluding hydrogens is 394 g/mol. The van der Waals surface area contributed by atoms with Crippen LogP contribution in [0.4, 0.5) is 5.69 Å². The highest BCUT2D eigenvalue weighted by atomic mass is 32.2. The minimum absolute atomic E-state index is 0.268. The second kappa shape index (κ2) is 8.45. The Morgan fingerprint density at radius 1 is 1.18 bits per heavy atom. The summed E-state index contributed by atoms with van der Waals surface area (Å²) < 4.78 is 5.46. The Kier molecular flexibility index (Phi) is 6.01. The van der Waals surface area contributed by atoms with Crippen LogP contribution in [0.3, 0.4) is 0 Å². The molecule has 1 fully saturated rings. The quantitative estimate of drug-likeness (QED) is 0.599. The number of amides is 2. The normalized spacial score (nSPS) is 15.1. The fraction of sp³-hybridized carbons (Fsp3) is 0.150. The first-order valence-electron chi connectivity index (χ1n) is 8.40. The van der Waals surface area contributed by atoms with Crippen LogP contribution in [0.2, 0.25) is 0 Å². The molecule has 0 aromatic heterocycles. The minimum atomic E-state index is -0.467. The maximum absolute atomic E-state index is 12.7. The SMILES string of the molecule is COc1ccccc1C(=O)NN1C(=O)C(=Cc2ccc(N(C)C)cc2)SC1=S. The Balaban J connectivity index is 1.77. The van der Waals surface area contributed by atoms with Gasteiger partial charge in [-0.15, -0.1) is 0 Å². The van der Waals surface area contributed by atoms with E-state index >= 15 is 0 Å². The van der Waals surface area contributed by atoms with Crippen LogP contribution in [-0.2, 0) is 4.79 Å². The van der Waals surface area contributed by atoms with Crippen LogP contribution < -0.4 is 15.1 Å². The highest BCUT2D eigenvalue weighted by molar-refractivity contribution is 8.26. The maximum atomic E-state index is 12.7. The predicted molar refractivity (Wildman–Crippen MR) is 116 cm³/mol. The van der Waals surface area contributed by atoms with Crippen molar-refractivity contribution < 1.29 is 14.3 Å². The molecule has 2 aromatic rings. The topological polar surface area (TPSA) is 61.9 Å². The van der Waals surface area contributed by atoms with Gasteiger partial charge in [-0.2, -0.15) is 5.01 Å². The van der Waals surface area contributed by atoms with Crippen LogP contribution in [0, 0.1) is 0 Å². The van der Waals surface area contributed by atoms with Crippen LogP contribution in [0.5, 0.6) is 5.75 Å². The van der Waals surface area contributed by atoms with E-state index in [0.717, 1.165) is 28.0 Å². The molecule has 0 saturated carbocycles. The molecule has 1 saturated heterocycles. The van der Waals surface area contributed by atoms with E-state index in [4.69, 9.17) is 17.0 Å². The molecule has 0 unspecified atom stereocenters. The molecule has 28 heavy (non-hydrogen) atoms. The van der Waals surface area contributed by atoms with Crippen molar-refractivity contribution in [3.63, 3.8) is 0 Å². The maximum Gasteiger partial charge on any atom is 0.285 e. The van der Waals surface area contributed by atoms with Crippen LogP contribution >= 0.6 is 24.0 Å². The van der Waals surface area contributed by atoms with Gasteiger partial charge in [0.2, 0.25) is 0 Å². The van der Waals surface area contributed by atoms with E-state index in [1.54, 1.807) is 30.3 Å². The molecule has 144 valence electrons. The zero-order valence-corrected chi connectivity index (χ0v) is 17.3. The highest BCUT2D eigenvalue weighted by Gasteiger charge is 2.34. The van der Waals surface area contributed by atoms with Crippen molar-refractivity contribution >= 4 is 51.9 Å². The molecule has 8 heteroatoms. The average molecular weight is 414 g/mol. The molecule has 0 radical (unpaired) electrons. The average Bonchev–Trinajstić information content (AvgIpc) is 2.95. The van der Waals surface area contributed by atoms with E-state index in [0.29, 0.717) is 16.2 Å². The zero-order valence-electron chi connectivity index (χ0n) is 15.6. The number of para-hydroxylation sites is 1. The lowest BCUT2D eigenvalue weighted by Gasteiger charge is -2.16. The first kappa shape index (κ1) is 19.9. The number of hydrazine groups is 1. The van der Waals surface area contributed by atoms with Gasteiger partial charge in [-0.25, -0.2) is 0 Å². The van der Waals surface area contributed by atoms with E-state index in [1.165, 1.54) is 7.11 Å². The van der Waals surface area contributed by atoms with Gasteiger partial charge in [-0.3, -0.25) is 15.0 Å². The van der Waals surface area contributed by atoms with E-state index in [2.05, 4.69) is 5.43 Å². The van der Waals surface area contributed by atoms with Crippen molar-refractivity contribution in [2.24, 2.45) is 0 Å². The summed E-state index contributed by atoms with van der Waals surface area (Å²) in [6.07, 6.45) is 1.76. The van der Waals surface area contributed by atoms with Crippen molar-refractivity contribution in [1.82, 2.24) is 10.4 Å². The first-order chi connectivity index (χ1) is 13.4. The van der Waals surface area contributed by atoms with Crippen LogP contribution in [0.25, 0.3) is 6.08 Å². The smallest absolute Gasteiger partial charge is 0.285 e. The van der Waals surface area contributed by atoms with Crippen LogP contribution in [0.15, 0.2) is 53.4 Å². The van der Waals surface area contributed by atoms with Gasteiger partial charge >= 0.3 is 0 Å². The van der Waals surface area contributed by atoms with E-state index < -0.39 is 5.91 Å². The fourth-order valence-corrected chi connectivity index (χ4v) is 3.76. The third-order valence-corrected chi connectivity index (χ3v) is 5.37. The predicted octanol–water partition coefficient (Wildman–Crippen LogP) is 3.31. The number of hydrogen-bond acceptors (Lipinski definition) is 6. The van der Waals surface area contributed by atoms with Crippen molar-refractivity contribution in [2.75, 3.05) is 26.1 Å². The number of anilines is 1. The first-order valence-corrected chi connectivity index (χ1v) is 9.62. The Hall–Kier alpha value is -2.84. The summed E-state index contributed by atoms with van der Waals surface area (Å²) in [5, 5.41) is 1.09. The van der Waals surface area contributed by atoms with E-state index in [1.807, 2.05) is 43.3 Å². The number of thioether (sulfide) groups is 1. The van der Waals surface area contributed by atoms with Crippen LogP contribution in [0.1, 0.15) is 15.9 Å². The Labute approximate surface area is 173 Å². The second-order valence-corrected chi connectivity index (χ2v) is 7.82. The molecule has 1 aliphatic rings. The van der Waals surface area contributed by atoms with Crippen molar-refractivity contribution in [3.05, 3.63) is 64.6 Å². The number of thiocarbonyl (C=S) groups is 1. The summed E-state index contributed by atoms with van der Waals surface area (Å²) in [5.41, 5.74) is 4.83. The summed E-state index contributed by atoms with van der Waals surface area (Å²) in [4.78, 5) is 27.7. The number of nitrogens with zero attached hydrogens (tertiary/aromatic N) is 2. The van der Waals surface area contributed by atoms with Gasteiger partial charge in [0.1, 0.15) is 5.75 Å². The molecule has 1 heterocycles. The molecular formula is C20H19N3O3S2. The highest BCUT2D eigenvalue weighted by Crippen LogP contribution is 2.32. The summed E-state index contributed by atoms with van der Waals surface area (Å²) in [6.45, 7) is 0. The van der Waals surface area contributed by atoms with Gasteiger partial charge in [0.05, 0.1) is 17.6 Å². The second-order valence-electron chi connectivity index (χ2n) is 6.14. The van der Waals surface area contributed by atoms with Gasteiger partial charge in [0, 0.05) is 19.8 Å². The lowest BCUT2D eigenvalue weighted by atomic mass is 10.2. The standard InChI is InChI=1S/C20H19N3O3S2/c1-22(2)14-10-8-13(9-11-14)12-17-19(25)23(20(27)28-17)21-18(24)15-6-4-5-7-16(15)26-3/h4-12H,1-3H3,(H,21,24). The molecule has 0 bridgehead atoms. The third-order valence-electron chi connectivity index (χ3n) is 4.07. The summed E-state index contributed by atoms with van der Waals surface area (Å²) in [6, 6.07) is 14.6. The van der Waals surface area contributed by atoms with Gasteiger partial charge in [0.15, 0.2) is 4.32 Å². The zero-order chi connectivity index (χ0) is 20.3. The summed E-state index contributed by atoms with van der Waals surface area (Å²) >= 11 is 6.42. The van der Waals surface area contributed by atoms with Gasteiger partial charge in [0.25, 0.3) is 11.8 Å². The molecule has 0 atom stereocenters. The number of hydrogen-bond donors (Lipinski definition) is 1. The minimum Gasteiger partial charge on any atom is -0.496 e. The monoisotopic (exact) mass is 413 g/mol. The van der Waals surface area contributed by atoms with Crippen LogP contribution in [-0.4, -0.2) is 42.3 Å². The Morgan fingerprint density at radius 3 is 2.50 bits per heavy atom. The van der Waals surface area contributed by atoms with E-state index in [9.17, 15) is 9.59 Å². The molecule has 2 aromatic carbocycles. The number of carbonyl (C=O) groups is 2. The molecule has 1 aliphatic heterocycles. The van der Waals surface area contributed by atoms with Gasteiger partial charge in [-0.1, -0.05) is 36.0 Å². The fourth-order valence-electron chi connectivity index (χ4n) is 2.58. The molecule has 2 amide bonds. The lowest BCUT2D eigenvalue weighted by molar-refractivity contribution is -0.123. The number of nitrogens with one attached hydrogen (secondary N) is 1. The number of rotatable bonds is 5. The van der Waals surface area contributed by atoms with E-state index in [-0.39, 0.29) is 10.2 Å². The summed E-state index contributed by atoms with van der Waals surface area (Å²) in [7, 11) is 5.41. The third kappa shape index (κ3) is 4.18. The number of benzene rings is 2. The van der Waals surface area contributed by atoms with Crippen molar-refractivity contribution in [1.29, 1.82) is 0 Å².